The van der Waals surface area contributed by atoms with E-state index in [1.165, 1.54) is 0 Å². The molecular formula is C16H18N2O3. The first-order valence-corrected chi connectivity index (χ1v) is 6.62. The molecule has 1 amide bonds. The van der Waals surface area contributed by atoms with E-state index in [-0.39, 0.29) is 19.1 Å². The number of nitrogens with two attached hydrogens (primary N) is 1. The van der Waals surface area contributed by atoms with Gasteiger partial charge in [-0.05, 0) is 17.7 Å². The molecule has 0 saturated carbocycles. The molecule has 1 atom stereocenters. The van der Waals surface area contributed by atoms with Gasteiger partial charge in [0.1, 0.15) is 5.75 Å². The number of aliphatic hydroxyl groups excluding tert-OH is 1. The highest BCUT2D eigenvalue weighted by Crippen LogP contribution is 2.15. The van der Waals surface area contributed by atoms with Crippen LogP contribution in [0.3, 0.4) is 0 Å². The second-order valence-electron chi connectivity index (χ2n) is 4.57. The Kier molecular flexibility index (Phi) is 5.17. The van der Waals surface area contributed by atoms with Crippen molar-refractivity contribution in [3.05, 3.63) is 60.2 Å². The van der Waals surface area contributed by atoms with Gasteiger partial charge in [0.25, 0.3) is 5.91 Å². The van der Waals surface area contributed by atoms with Crippen LogP contribution in [0.4, 0.5) is 5.69 Å². The maximum absolute atomic E-state index is 11.9. The fraction of sp³-hybridized carbons (Fsp3) is 0.188. The molecule has 0 aliphatic carbocycles. The number of ether oxygens (including phenoxy) is 1. The summed E-state index contributed by atoms with van der Waals surface area (Å²) in [5.74, 6) is 0.228. The topological polar surface area (TPSA) is 84.6 Å². The molecule has 5 heteroatoms. The van der Waals surface area contributed by atoms with E-state index < -0.39 is 6.04 Å². The lowest BCUT2D eigenvalue weighted by Crippen LogP contribution is -2.34. The van der Waals surface area contributed by atoms with E-state index in [4.69, 9.17) is 10.5 Å². The third kappa shape index (κ3) is 4.50. The van der Waals surface area contributed by atoms with Crippen LogP contribution in [-0.4, -0.2) is 24.2 Å². The zero-order chi connectivity index (χ0) is 15.1. The highest BCUT2D eigenvalue weighted by Gasteiger charge is 2.13. The summed E-state index contributed by atoms with van der Waals surface area (Å²) in [4.78, 5) is 11.9. The normalized spacial score (nSPS) is 11.7. The molecule has 0 aliphatic heterocycles. The van der Waals surface area contributed by atoms with Crippen LogP contribution >= 0.6 is 0 Å². The summed E-state index contributed by atoms with van der Waals surface area (Å²) in [6, 6.07) is 15.7. The Hall–Kier alpha value is -2.53. The number of anilines is 1. The van der Waals surface area contributed by atoms with E-state index in [0.717, 1.165) is 5.56 Å². The third-order valence-electron chi connectivity index (χ3n) is 2.95. The Labute approximate surface area is 123 Å². The summed E-state index contributed by atoms with van der Waals surface area (Å²) >= 11 is 0. The van der Waals surface area contributed by atoms with E-state index in [2.05, 4.69) is 5.32 Å². The van der Waals surface area contributed by atoms with Gasteiger partial charge in [-0.15, -0.1) is 0 Å². The van der Waals surface area contributed by atoms with E-state index >= 15 is 0 Å². The lowest BCUT2D eigenvalue weighted by atomic mass is 10.1. The Morgan fingerprint density at radius 2 is 1.95 bits per heavy atom. The largest absolute Gasteiger partial charge is 0.484 e. The summed E-state index contributed by atoms with van der Waals surface area (Å²) in [7, 11) is 0. The molecule has 2 aromatic carbocycles. The van der Waals surface area contributed by atoms with Crippen LogP contribution in [0, 0.1) is 0 Å². The number of rotatable bonds is 6. The predicted molar refractivity (Wildman–Crippen MR) is 80.8 cm³/mol. The van der Waals surface area contributed by atoms with E-state index in [1.54, 1.807) is 24.3 Å². The van der Waals surface area contributed by atoms with E-state index in [0.29, 0.717) is 11.4 Å². The van der Waals surface area contributed by atoms with Crippen molar-refractivity contribution < 1.29 is 14.6 Å². The average Bonchev–Trinajstić information content (AvgIpc) is 2.51. The predicted octanol–water partition coefficient (Wildman–Crippen LogP) is 1.50. The zero-order valence-electron chi connectivity index (χ0n) is 11.5. The van der Waals surface area contributed by atoms with Crippen molar-refractivity contribution in [3.8, 4) is 5.75 Å². The average molecular weight is 286 g/mol. The van der Waals surface area contributed by atoms with Gasteiger partial charge < -0.3 is 20.9 Å². The molecule has 21 heavy (non-hydrogen) atoms. The maximum atomic E-state index is 11.9. The minimum atomic E-state index is -0.442. The van der Waals surface area contributed by atoms with Crippen LogP contribution in [-0.2, 0) is 4.79 Å². The van der Waals surface area contributed by atoms with Crippen molar-refractivity contribution in [1.82, 2.24) is 5.32 Å². The second kappa shape index (κ2) is 7.31. The van der Waals surface area contributed by atoms with Crippen LogP contribution in [0.5, 0.6) is 5.75 Å². The standard InChI is InChI=1S/C16H18N2O3/c17-13-7-4-8-14(9-13)21-11-16(20)18-15(10-19)12-5-2-1-3-6-12/h1-9,15,19H,10-11,17H2,(H,18,20)/t15-/m1/s1. The fourth-order valence-corrected chi connectivity index (χ4v) is 1.91. The molecule has 0 bridgehead atoms. The summed E-state index contributed by atoms with van der Waals surface area (Å²) in [5, 5.41) is 12.1. The molecular weight excluding hydrogens is 268 g/mol. The van der Waals surface area contributed by atoms with Crippen molar-refractivity contribution in [3.63, 3.8) is 0 Å². The first-order chi connectivity index (χ1) is 10.2. The molecule has 0 aromatic heterocycles. The number of hydrogen-bond acceptors (Lipinski definition) is 4. The number of amides is 1. The van der Waals surface area contributed by atoms with Crippen LogP contribution < -0.4 is 15.8 Å². The van der Waals surface area contributed by atoms with Gasteiger partial charge in [-0.1, -0.05) is 36.4 Å². The van der Waals surface area contributed by atoms with Crippen molar-refractivity contribution >= 4 is 11.6 Å². The van der Waals surface area contributed by atoms with Crippen molar-refractivity contribution in [2.45, 2.75) is 6.04 Å². The molecule has 5 nitrogen and oxygen atoms in total. The van der Waals surface area contributed by atoms with Gasteiger partial charge in [0.2, 0.25) is 0 Å². The lowest BCUT2D eigenvalue weighted by Gasteiger charge is -2.17. The number of hydrogen-bond donors (Lipinski definition) is 3. The van der Waals surface area contributed by atoms with Crippen LogP contribution in [0.25, 0.3) is 0 Å². The molecule has 0 aliphatic rings. The van der Waals surface area contributed by atoms with Crippen LogP contribution in [0.1, 0.15) is 11.6 Å². The second-order valence-corrected chi connectivity index (χ2v) is 4.57. The Morgan fingerprint density at radius 1 is 1.19 bits per heavy atom. The quantitative estimate of drug-likeness (QED) is 0.703. The Bertz CT molecular complexity index is 587. The van der Waals surface area contributed by atoms with Crippen molar-refractivity contribution in [2.75, 3.05) is 18.9 Å². The summed E-state index contributed by atoms with van der Waals surface area (Å²) in [5.41, 5.74) is 7.05. The highest BCUT2D eigenvalue weighted by atomic mass is 16.5. The number of nitrogens with one attached hydrogen (secondary N) is 1. The number of carbonyl (C=O) groups excluding carboxylic acids is 1. The molecule has 110 valence electrons. The minimum absolute atomic E-state index is 0.132. The zero-order valence-corrected chi connectivity index (χ0v) is 11.5. The van der Waals surface area contributed by atoms with Gasteiger partial charge in [0.05, 0.1) is 12.6 Å². The Balaban J connectivity index is 1.89. The number of nitrogen functional groups attached to an aromatic ring is 1. The van der Waals surface area contributed by atoms with Gasteiger partial charge in [-0.3, -0.25) is 4.79 Å². The first kappa shape index (κ1) is 14.9. The number of carbonyl (C=O) groups is 1. The maximum Gasteiger partial charge on any atom is 0.258 e. The summed E-state index contributed by atoms with van der Waals surface area (Å²) < 4.78 is 5.36. The smallest absolute Gasteiger partial charge is 0.258 e. The SMILES string of the molecule is Nc1cccc(OCC(=O)N[C@H](CO)c2ccccc2)c1. The van der Waals surface area contributed by atoms with Gasteiger partial charge in [-0.25, -0.2) is 0 Å². The molecule has 0 unspecified atom stereocenters. The fourth-order valence-electron chi connectivity index (χ4n) is 1.91. The van der Waals surface area contributed by atoms with E-state index in [9.17, 15) is 9.90 Å². The van der Waals surface area contributed by atoms with Gasteiger partial charge in [-0.2, -0.15) is 0 Å². The molecule has 0 saturated heterocycles. The molecule has 0 heterocycles. The lowest BCUT2D eigenvalue weighted by molar-refractivity contribution is -0.124. The minimum Gasteiger partial charge on any atom is -0.484 e. The van der Waals surface area contributed by atoms with Crippen LogP contribution in [0.2, 0.25) is 0 Å². The van der Waals surface area contributed by atoms with Gasteiger partial charge >= 0.3 is 0 Å². The summed E-state index contributed by atoms with van der Waals surface area (Å²) in [6.45, 7) is -0.305. The molecule has 0 spiro atoms. The third-order valence-corrected chi connectivity index (χ3v) is 2.95. The number of aliphatic hydroxyl groups is 1. The first-order valence-electron chi connectivity index (χ1n) is 6.62. The molecule has 2 aromatic rings. The van der Waals surface area contributed by atoms with Gasteiger partial charge in [0.15, 0.2) is 6.61 Å². The highest BCUT2D eigenvalue weighted by molar-refractivity contribution is 5.78. The number of benzene rings is 2. The Morgan fingerprint density at radius 3 is 2.62 bits per heavy atom. The molecule has 0 fully saturated rings. The van der Waals surface area contributed by atoms with Crippen LogP contribution in [0.15, 0.2) is 54.6 Å². The monoisotopic (exact) mass is 286 g/mol. The molecule has 4 N–H and O–H groups in total. The van der Waals surface area contributed by atoms with Gasteiger partial charge in [0, 0.05) is 11.8 Å². The van der Waals surface area contributed by atoms with E-state index in [1.807, 2.05) is 30.3 Å². The molecule has 0 radical (unpaired) electrons. The van der Waals surface area contributed by atoms with Crippen molar-refractivity contribution in [1.29, 1.82) is 0 Å². The van der Waals surface area contributed by atoms with Crippen molar-refractivity contribution in [2.24, 2.45) is 0 Å². The molecule has 2 rings (SSSR count). The summed E-state index contributed by atoms with van der Waals surface area (Å²) in [6.07, 6.45) is 0.